The van der Waals surface area contributed by atoms with Gasteiger partial charge in [0.15, 0.2) is 11.9 Å². The van der Waals surface area contributed by atoms with E-state index in [2.05, 4.69) is 9.47 Å². The van der Waals surface area contributed by atoms with Crippen LogP contribution in [0.5, 0.6) is 0 Å². The lowest BCUT2D eigenvalue weighted by Crippen LogP contribution is -2.38. The summed E-state index contributed by atoms with van der Waals surface area (Å²) >= 11 is 0. The Hall–Kier alpha value is -1.14. The molecule has 0 heterocycles. The highest BCUT2D eigenvalue weighted by Gasteiger charge is 2.27. The van der Waals surface area contributed by atoms with E-state index in [-0.39, 0.29) is 13.1 Å². The first-order chi connectivity index (χ1) is 6.40. The van der Waals surface area contributed by atoms with Crippen LogP contribution in [0.3, 0.4) is 0 Å². The second-order valence-electron chi connectivity index (χ2n) is 3.01. The van der Waals surface area contributed by atoms with Crippen molar-refractivity contribution in [3.05, 3.63) is 0 Å². The van der Waals surface area contributed by atoms with Gasteiger partial charge < -0.3 is 19.3 Å². The summed E-state index contributed by atoms with van der Waals surface area (Å²) in [5.74, 6) is -2.21. The number of hydrogen-bond donors (Lipinski definition) is 1. The molecule has 0 aromatic heterocycles. The summed E-state index contributed by atoms with van der Waals surface area (Å²) in [7, 11) is 1.17. The molecular formula is C8H14O6. The van der Waals surface area contributed by atoms with E-state index in [1.165, 1.54) is 21.0 Å². The summed E-state index contributed by atoms with van der Waals surface area (Å²) < 4.78 is 13.6. The molecule has 1 atom stereocenters. The minimum absolute atomic E-state index is 0.184. The first-order valence-corrected chi connectivity index (χ1v) is 3.94. The molecule has 0 aromatic rings. The Morgan fingerprint density at radius 1 is 1.57 bits per heavy atom. The van der Waals surface area contributed by atoms with Crippen LogP contribution in [0, 0.1) is 0 Å². The number of rotatable bonds is 6. The predicted molar refractivity (Wildman–Crippen MR) is 45.2 cm³/mol. The first-order valence-electron chi connectivity index (χ1n) is 3.94. The number of aliphatic hydroxyl groups is 1. The molecule has 82 valence electrons. The second-order valence-corrected chi connectivity index (χ2v) is 3.01. The van der Waals surface area contributed by atoms with Gasteiger partial charge in [0.05, 0.1) is 7.11 Å². The molecular weight excluding hydrogens is 192 g/mol. The second kappa shape index (κ2) is 5.56. The summed E-state index contributed by atoms with van der Waals surface area (Å²) in [5, 5.41) is 9.26. The number of hydrogen-bond acceptors (Lipinski definition) is 6. The molecule has 0 aromatic carbocycles. The summed E-state index contributed by atoms with van der Waals surface area (Å²) in [6.45, 7) is 2.59. The van der Waals surface area contributed by atoms with Gasteiger partial charge in [-0.3, -0.25) is 4.79 Å². The molecule has 0 saturated heterocycles. The summed E-state index contributed by atoms with van der Waals surface area (Å²) in [4.78, 5) is 20.9. The molecule has 1 N–H and O–H groups in total. The van der Waals surface area contributed by atoms with E-state index in [1.807, 2.05) is 0 Å². The molecule has 0 saturated carbocycles. The Labute approximate surface area is 81.8 Å². The Morgan fingerprint density at radius 2 is 2.14 bits per heavy atom. The standard InChI is InChI=1S/C8H14O6/c1-8(2,11)14-6(4-13-5-9)7(10)12-3/h5-6,11H,4H2,1-3H3. The molecule has 0 bridgehead atoms. The molecule has 6 nitrogen and oxygen atoms in total. The van der Waals surface area contributed by atoms with E-state index >= 15 is 0 Å². The maximum absolute atomic E-state index is 11.0. The molecule has 0 aliphatic rings. The maximum atomic E-state index is 11.0. The van der Waals surface area contributed by atoms with E-state index in [1.54, 1.807) is 0 Å². The van der Waals surface area contributed by atoms with Crippen molar-refractivity contribution in [2.24, 2.45) is 0 Å². The SMILES string of the molecule is COC(=O)C(COC=O)OC(C)(C)O. The third kappa shape index (κ3) is 5.50. The molecule has 14 heavy (non-hydrogen) atoms. The third-order valence-corrected chi connectivity index (χ3v) is 1.21. The van der Waals surface area contributed by atoms with Crippen molar-refractivity contribution in [1.82, 2.24) is 0 Å². The van der Waals surface area contributed by atoms with Crippen LogP contribution >= 0.6 is 0 Å². The van der Waals surface area contributed by atoms with Crippen molar-refractivity contribution >= 4 is 12.4 Å². The van der Waals surface area contributed by atoms with Crippen molar-refractivity contribution < 1.29 is 28.9 Å². The largest absolute Gasteiger partial charge is 0.467 e. The van der Waals surface area contributed by atoms with Crippen LogP contribution in [0.25, 0.3) is 0 Å². The van der Waals surface area contributed by atoms with E-state index < -0.39 is 17.9 Å². The molecule has 1 unspecified atom stereocenters. The lowest BCUT2D eigenvalue weighted by atomic mass is 10.3. The molecule has 0 amide bonds. The Balaban J connectivity index is 4.24. The van der Waals surface area contributed by atoms with Crippen molar-refractivity contribution in [3.63, 3.8) is 0 Å². The number of ether oxygens (including phenoxy) is 3. The molecule has 0 aliphatic carbocycles. The highest BCUT2D eigenvalue weighted by molar-refractivity contribution is 5.74. The van der Waals surface area contributed by atoms with Gasteiger partial charge in [-0.05, 0) is 13.8 Å². The molecule has 0 rings (SSSR count). The zero-order valence-electron chi connectivity index (χ0n) is 8.35. The summed E-state index contributed by atoms with van der Waals surface area (Å²) in [6, 6.07) is 0. The van der Waals surface area contributed by atoms with E-state index in [0.29, 0.717) is 0 Å². The van der Waals surface area contributed by atoms with Gasteiger partial charge in [0.1, 0.15) is 6.61 Å². The quantitative estimate of drug-likeness (QED) is 0.356. The van der Waals surface area contributed by atoms with Crippen molar-refractivity contribution in [1.29, 1.82) is 0 Å². The first kappa shape index (κ1) is 12.9. The summed E-state index contributed by atoms with van der Waals surface area (Å²) in [6.07, 6.45) is -1.12. The fourth-order valence-corrected chi connectivity index (χ4v) is 0.756. The van der Waals surface area contributed by atoms with Gasteiger partial charge in [0.25, 0.3) is 6.47 Å². The van der Waals surface area contributed by atoms with Gasteiger partial charge in [-0.2, -0.15) is 0 Å². The van der Waals surface area contributed by atoms with Crippen LogP contribution in [-0.4, -0.2) is 43.2 Å². The average molecular weight is 206 g/mol. The van der Waals surface area contributed by atoms with Gasteiger partial charge in [-0.15, -0.1) is 0 Å². The van der Waals surface area contributed by atoms with Gasteiger partial charge >= 0.3 is 5.97 Å². The van der Waals surface area contributed by atoms with Gasteiger partial charge in [0, 0.05) is 0 Å². The molecule has 0 radical (unpaired) electrons. The fourth-order valence-electron chi connectivity index (χ4n) is 0.756. The van der Waals surface area contributed by atoms with E-state index in [4.69, 9.17) is 4.74 Å². The Morgan fingerprint density at radius 3 is 2.50 bits per heavy atom. The zero-order chi connectivity index (χ0) is 11.2. The number of methoxy groups -OCH3 is 1. The van der Waals surface area contributed by atoms with Crippen LogP contribution < -0.4 is 0 Å². The summed E-state index contributed by atoms with van der Waals surface area (Å²) in [5.41, 5.74) is 0. The van der Waals surface area contributed by atoms with E-state index in [0.717, 1.165) is 0 Å². The van der Waals surface area contributed by atoms with Crippen LogP contribution in [0.4, 0.5) is 0 Å². The smallest absolute Gasteiger partial charge is 0.338 e. The van der Waals surface area contributed by atoms with Gasteiger partial charge in [-0.25, -0.2) is 4.79 Å². The monoisotopic (exact) mass is 206 g/mol. The number of carbonyl (C=O) groups is 2. The fraction of sp³-hybridized carbons (Fsp3) is 0.750. The average Bonchev–Trinajstić information content (AvgIpc) is 2.09. The Kier molecular flexibility index (Phi) is 5.11. The Bertz CT molecular complexity index is 194. The van der Waals surface area contributed by atoms with Crippen molar-refractivity contribution in [3.8, 4) is 0 Å². The lowest BCUT2D eigenvalue weighted by molar-refractivity contribution is -0.222. The van der Waals surface area contributed by atoms with Crippen LogP contribution in [0.1, 0.15) is 13.8 Å². The predicted octanol–water partition coefficient (Wildman–Crippen LogP) is -0.554. The highest BCUT2D eigenvalue weighted by atomic mass is 16.7. The maximum Gasteiger partial charge on any atom is 0.338 e. The van der Waals surface area contributed by atoms with Crippen molar-refractivity contribution in [2.75, 3.05) is 13.7 Å². The zero-order valence-corrected chi connectivity index (χ0v) is 8.35. The van der Waals surface area contributed by atoms with Gasteiger partial charge in [0.2, 0.25) is 0 Å². The topological polar surface area (TPSA) is 82.1 Å². The van der Waals surface area contributed by atoms with Gasteiger partial charge in [-0.1, -0.05) is 0 Å². The highest BCUT2D eigenvalue weighted by Crippen LogP contribution is 2.09. The molecule has 0 spiro atoms. The van der Waals surface area contributed by atoms with Crippen molar-refractivity contribution in [2.45, 2.75) is 25.7 Å². The normalized spacial score (nSPS) is 13.1. The van der Waals surface area contributed by atoms with Crippen LogP contribution in [0.2, 0.25) is 0 Å². The lowest BCUT2D eigenvalue weighted by Gasteiger charge is -2.23. The minimum Gasteiger partial charge on any atom is -0.467 e. The van der Waals surface area contributed by atoms with Crippen LogP contribution in [-0.2, 0) is 23.8 Å². The number of esters is 1. The molecule has 6 heteroatoms. The minimum atomic E-state index is -1.49. The molecule has 0 aliphatic heterocycles. The third-order valence-electron chi connectivity index (χ3n) is 1.21. The van der Waals surface area contributed by atoms with E-state index in [9.17, 15) is 14.7 Å². The number of carbonyl (C=O) groups excluding carboxylic acids is 2. The molecule has 0 fully saturated rings. The van der Waals surface area contributed by atoms with Crippen LogP contribution in [0.15, 0.2) is 0 Å².